The van der Waals surface area contributed by atoms with Crippen LogP contribution in [-0.2, 0) is 17.8 Å². The Morgan fingerprint density at radius 3 is 2.93 bits per heavy atom. The lowest BCUT2D eigenvalue weighted by Crippen LogP contribution is -2.19. The minimum atomic E-state index is -0.306. The van der Waals surface area contributed by atoms with Crippen molar-refractivity contribution < 1.29 is 13.9 Å². The summed E-state index contributed by atoms with van der Waals surface area (Å²) >= 11 is 1.28. The van der Waals surface area contributed by atoms with Gasteiger partial charge in [0.25, 0.3) is 0 Å². The van der Waals surface area contributed by atoms with Crippen LogP contribution in [-0.4, -0.2) is 17.1 Å². The number of nitrogen functional groups attached to an aromatic ring is 1. The number of halogens is 1. The standard InChI is InChI=1S/C19H17FN4O2S/c20-17-7-2-1-5-14(17)11-26-16-6-3-4-13(8-16)10-22-24-18(25)9-15-12-27-19(21)23-15/h1-8,10,12H,9,11H2,(H2,21,23)(H,24,25)/b22-10+. The third-order valence-electron chi connectivity index (χ3n) is 3.52. The van der Waals surface area contributed by atoms with E-state index in [1.807, 2.05) is 6.07 Å². The van der Waals surface area contributed by atoms with Crippen LogP contribution < -0.4 is 15.9 Å². The molecule has 3 N–H and O–H groups in total. The highest BCUT2D eigenvalue weighted by Gasteiger charge is 2.05. The van der Waals surface area contributed by atoms with Gasteiger partial charge in [0.2, 0.25) is 5.91 Å². The molecule has 3 aromatic rings. The van der Waals surface area contributed by atoms with Crippen molar-refractivity contribution in [3.05, 3.63) is 76.5 Å². The van der Waals surface area contributed by atoms with Gasteiger partial charge in [-0.3, -0.25) is 4.79 Å². The van der Waals surface area contributed by atoms with E-state index in [-0.39, 0.29) is 24.8 Å². The van der Waals surface area contributed by atoms with Gasteiger partial charge in [0.1, 0.15) is 18.2 Å². The number of nitrogens with zero attached hydrogens (tertiary/aromatic N) is 2. The SMILES string of the molecule is Nc1nc(CC(=O)N/N=C/c2cccc(OCc3ccccc3F)c2)cs1. The number of thiazole rings is 1. The summed E-state index contributed by atoms with van der Waals surface area (Å²) < 4.78 is 19.2. The molecule has 0 spiro atoms. The minimum Gasteiger partial charge on any atom is -0.489 e. The van der Waals surface area contributed by atoms with Crippen LogP contribution in [0.2, 0.25) is 0 Å². The summed E-state index contributed by atoms with van der Waals surface area (Å²) in [5.41, 5.74) is 9.78. The van der Waals surface area contributed by atoms with Gasteiger partial charge in [-0.05, 0) is 23.8 Å². The van der Waals surface area contributed by atoms with Crippen molar-refractivity contribution in [2.45, 2.75) is 13.0 Å². The number of amides is 1. The second-order valence-electron chi connectivity index (χ2n) is 5.60. The lowest BCUT2D eigenvalue weighted by molar-refractivity contribution is -0.120. The molecule has 0 aliphatic rings. The third kappa shape index (κ3) is 5.61. The molecule has 27 heavy (non-hydrogen) atoms. The molecule has 1 heterocycles. The van der Waals surface area contributed by atoms with Crippen molar-refractivity contribution in [1.29, 1.82) is 0 Å². The molecule has 6 nitrogen and oxygen atoms in total. The van der Waals surface area contributed by atoms with E-state index in [4.69, 9.17) is 10.5 Å². The minimum absolute atomic E-state index is 0.108. The van der Waals surface area contributed by atoms with Gasteiger partial charge < -0.3 is 10.5 Å². The maximum absolute atomic E-state index is 13.6. The second-order valence-corrected chi connectivity index (χ2v) is 6.49. The molecule has 0 unspecified atom stereocenters. The first-order valence-electron chi connectivity index (χ1n) is 8.08. The zero-order valence-electron chi connectivity index (χ0n) is 14.3. The average Bonchev–Trinajstić information content (AvgIpc) is 3.06. The molecule has 0 radical (unpaired) electrons. The maximum atomic E-state index is 13.6. The van der Waals surface area contributed by atoms with Gasteiger partial charge in [-0.15, -0.1) is 11.3 Å². The Balaban J connectivity index is 1.53. The summed E-state index contributed by atoms with van der Waals surface area (Å²) in [6.07, 6.45) is 1.61. The molecule has 0 aliphatic heterocycles. The smallest absolute Gasteiger partial charge is 0.246 e. The molecule has 0 aliphatic carbocycles. The van der Waals surface area contributed by atoms with Crippen LogP contribution in [0.1, 0.15) is 16.8 Å². The average molecular weight is 384 g/mol. The van der Waals surface area contributed by atoms with Gasteiger partial charge in [-0.25, -0.2) is 14.8 Å². The molecule has 0 saturated carbocycles. The number of benzene rings is 2. The number of rotatable bonds is 7. The summed E-state index contributed by atoms with van der Waals surface area (Å²) in [6.45, 7) is 0.126. The largest absolute Gasteiger partial charge is 0.489 e. The van der Waals surface area contributed by atoms with Crippen molar-refractivity contribution in [1.82, 2.24) is 10.4 Å². The normalized spacial score (nSPS) is 10.9. The Bertz CT molecular complexity index is 958. The molecule has 0 fully saturated rings. The Morgan fingerprint density at radius 1 is 1.30 bits per heavy atom. The van der Waals surface area contributed by atoms with Crippen molar-refractivity contribution in [3.63, 3.8) is 0 Å². The number of hydrogen-bond donors (Lipinski definition) is 2. The molecule has 1 amide bonds. The summed E-state index contributed by atoms with van der Waals surface area (Å²) in [5, 5.41) is 6.08. The Kier molecular flexibility index (Phi) is 6.11. The fraction of sp³-hybridized carbons (Fsp3) is 0.105. The van der Waals surface area contributed by atoms with Crippen LogP contribution in [0, 0.1) is 5.82 Å². The zero-order valence-corrected chi connectivity index (χ0v) is 15.1. The van der Waals surface area contributed by atoms with Crippen LogP contribution in [0.3, 0.4) is 0 Å². The first-order valence-corrected chi connectivity index (χ1v) is 8.96. The van der Waals surface area contributed by atoms with Crippen molar-refractivity contribution in [2.24, 2.45) is 5.10 Å². The van der Waals surface area contributed by atoms with E-state index >= 15 is 0 Å². The fourth-order valence-corrected chi connectivity index (χ4v) is 2.81. The number of carbonyl (C=O) groups is 1. The van der Waals surface area contributed by atoms with E-state index in [0.717, 1.165) is 5.56 Å². The highest BCUT2D eigenvalue weighted by Crippen LogP contribution is 2.15. The Hall–Kier alpha value is -3.26. The van der Waals surface area contributed by atoms with Gasteiger partial charge in [0, 0.05) is 10.9 Å². The second kappa shape index (κ2) is 8.91. The van der Waals surface area contributed by atoms with E-state index in [0.29, 0.717) is 22.1 Å². The van der Waals surface area contributed by atoms with E-state index in [2.05, 4.69) is 15.5 Å². The van der Waals surface area contributed by atoms with E-state index in [9.17, 15) is 9.18 Å². The van der Waals surface area contributed by atoms with E-state index in [1.54, 1.807) is 41.8 Å². The maximum Gasteiger partial charge on any atom is 0.246 e. The monoisotopic (exact) mass is 384 g/mol. The first kappa shape index (κ1) is 18.5. The Labute approximate surface area is 159 Å². The highest BCUT2D eigenvalue weighted by molar-refractivity contribution is 7.13. The summed E-state index contributed by atoms with van der Waals surface area (Å²) in [6, 6.07) is 13.6. The third-order valence-corrected chi connectivity index (χ3v) is 4.25. The highest BCUT2D eigenvalue weighted by atomic mass is 32.1. The van der Waals surface area contributed by atoms with Crippen LogP contribution in [0.4, 0.5) is 9.52 Å². The number of ether oxygens (including phenoxy) is 1. The first-order chi connectivity index (χ1) is 13.1. The number of carbonyl (C=O) groups excluding carboxylic acids is 1. The summed E-state index contributed by atoms with van der Waals surface area (Å²) in [4.78, 5) is 15.8. The topological polar surface area (TPSA) is 89.6 Å². The number of aromatic nitrogens is 1. The molecule has 1 aromatic heterocycles. The molecular weight excluding hydrogens is 367 g/mol. The number of hydrazone groups is 1. The van der Waals surface area contributed by atoms with E-state index < -0.39 is 0 Å². The van der Waals surface area contributed by atoms with Gasteiger partial charge in [0.15, 0.2) is 5.13 Å². The molecule has 138 valence electrons. The molecule has 0 atom stereocenters. The molecular formula is C19H17FN4O2S. The predicted molar refractivity (Wildman–Crippen MR) is 103 cm³/mol. The van der Waals surface area contributed by atoms with Gasteiger partial charge in [0.05, 0.1) is 18.3 Å². The molecule has 8 heteroatoms. The van der Waals surface area contributed by atoms with Crippen molar-refractivity contribution >= 4 is 28.6 Å². The van der Waals surface area contributed by atoms with Crippen LogP contribution in [0.5, 0.6) is 5.75 Å². The van der Waals surface area contributed by atoms with Crippen LogP contribution >= 0.6 is 11.3 Å². The predicted octanol–water partition coefficient (Wildman–Crippen LogP) is 3.14. The number of anilines is 1. The number of nitrogens with two attached hydrogens (primary N) is 1. The fourth-order valence-electron chi connectivity index (χ4n) is 2.25. The van der Waals surface area contributed by atoms with Crippen LogP contribution in [0.15, 0.2) is 59.0 Å². The lowest BCUT2D eigenvalue weighted by atomic mass is 10.2. The van der Waals surface area contributed by atoms with Crippen molar-refractivity contribution in [3.8, 4) is 5.75 Å². The molecule has 3 rings (SSSR count). The van der Waals surface area contributed by atoms with Crippen LogP contribution in [0.25, 0.3) is 0 Å². The lowest BCUT2D eigenvalue weighted by Gasteiger charge is -2.07. The zero-order chi connectivity index (χ0) is 19.1. The molecule has 2 aromatic carbocycles. The van der Waals surface area contributed by atoms with Gasteiger partial charge in [-0.1, -0.05) is 30.3 Å². The molecule has 0 saturated heterocycles. The van der Waals surface area contributed by atoms with Gasteiger partial charge >= 0.3 is 0 Å². The summed E-state index contributed by atoms with van der Waals surface area (Å²) in [5.74, 6) is -0.0187. The number of hydrogen-bond acceptors (Lipinski definition) is 6. The van der Waals surface area contributed by atoms with Gasteiger partial charge in [-0.2, -0.15) is 5.10 Å². The Morgan fingerprint density at radius 2 is 2.15 bits per heavy atom. The summed E-state index contributed by atoms with van der Waals surface area (Å²) in [7, 11) is 0. The van der Waals surface area contributed by atoms with E-state index in [1.165, 1.54) is 23.6 Å². The number of nitrogens with one attached hydrogen (secondary N) is 1. The molecule has 0 bridgehead atoms. The van der Waals surface area contributed by atoms with Crippen molar-refractivity contribution in [2.75, 3.05) is 5.73 Å². The quantitative estimate of drug-likeness (QED) is 0.484.